The van der Waals surface area contributed by atoms with Crippen LogP contribution in [0.4, 0.5) is 0 Å². The molecule has 0 aliphatic heterocycles. The average Bonchev–Trinajstić information content (AvgIpc) is 2.35. The van der Waals surface area contributed by atoms with Crippen LogP contribution in [0.25, 0.3) is 0 Å². The van der Waals surface area contributed by atoms with Crippen molar-refractivity contribution in [2.75, 3.05) is 6.26 Å². The number of ketones is 1. The molecule has 1 aromatic rings. The van der Waals surface area contributed by atoms with E-state index in [1.807, 2.05) is 0 Å². The summed E-state index contributed by atoms with van der Waals surface area (Å²) >= 11 is 0. The quantitative estimate of drug-likeness (QED) is 0.583. The van der Waals surface area contributed by atoms with Gasteiger partial charge in [-0.1, -0.05) is 0 Å². The number of benzene rings is 1. The molecule has 0 heterocycles. The zero-order valence-electron chi connectivity index (χ0n) is 14.2. The van der Waals surface area contributed by atoms with Gasteiger partial charge in [0, 0.05) is 11.8 Å². The van der Waals surface area contributed by atoms with Crippen LogP contribution in [0.1, 0.15) is 45.0 Å². The molecule has 128 valence electrons. The van der Waals surface area contributed by atoms with Crippen LogP contribution in [0.5, 0.6) is 5.75 Å². The van der Waals surface area contributed by atoms with E-state index in [4.69, 9.17) is 9.47 Å². The predicted octanol–water partition coefficient (Wildman–Crippen LogP) is 2.40. The zero-order chi connectivity index (χ0) is 18.0. The summed E-state index contributed by atoms with van der Waals surface area (Å²) in [6.07, 6.45) is 0.716. The smallest absolute Gasteiger partial charge is 0.350 e. The second-order valence-corrected chi connectivity index (χ2v) is 8.04. The molecule has 0 saturated heterocycles. The van der Waals surface area contributed by atoms with E-state index in [0.717, 1.165) is 6.26 Å². The van der Waals surface area contributed by atoms with E-state index >= 15 is 0 Å². The maximum atomic E-state index is 12.0. The van der Waals surface area contributed by atoms with Gasteiger partial charge in [-0.3, -0.25) is 4.79 Å². The summed E-state index contributed by atoms with van der Waals surface area (Å²) < 4.78 is 34.4. The monoisotopic (exact) mass is 342 g/mol. The summed E-state index contributed by atoms with van der Waals surface area (Å²) in [5.41, 5.74) is -1.21. The van der Waals surface area contributed by atoms with Crippen molar-refractivity contribution < 1.29 is 27.5 Å². The third-order valence-corrected chi connectivity index (χ3v) is 4.08. The predicted molar refractivity (Wildman–Crippen MR) is 85.5 cm³/mol. The van der Waals surface area contributed by atoms with Crippen LogP contribution < -0.4 is 4.74 Å². The number of carbonyl (C=O) groups excluding carboxylic acids is 2. The highest BCUT2D eigenvalue weighted by atomic mass is 32.2. The number of hydrogen-bond acceptors (Lipinski definition) is 6. The minimum absolute atomic E-state index is 0.0856. The second-order valence-electron chi connectivity index (χ2n) is 6.05. The molecule has 0 unspecified atom stereocenters. The number of carbonyl (C=O) groups is 2. The van der Waals surface area contributed by atoms with Crippen molar-refractivity contribution >= 4 is 21.6 Å². The first kappa shape index (κ1) is 19.2. The van der Waals surface area contributed by atoms with Gasteiger partial charge in [-0.05, 0) is 52.8 Å². The highest BCUT2D eigenvalue weighted by Gasteiger charge is 2.33. The summed E-state index contributed by atoms with van der Waals surface area (Å²) in [6.45, 7) is 7.77. The molecule has 0 N–H and O–H groups in total. The van der Waals surface area contributed by atoms with Crippen molar-refractivity contribution in [3.8, 4) is 5.75 Å². The third kappa shape index (κ3) is 5.06. The van der Waals surface area contributed by atoms with Crippen LogP contribution in [0, 0.1) is 0 Å². The van der Waals surface area contributed by atoms with Gasteiger partial charge in [0.25, 0.3) is 0 Å². The van der Waals surface area contributed by atoms with Gasteiger partial charge in [-0.2, -0.15) is 0 Å². The molecule has 0 saturated carbocycles. The van der Waals surface area contributed by atoms with E-state index in [-0.39, 0.29) is 28.1 Å². The first-order valence-electron chi connectivity index (χ1n) is 7.09. The van der Waals surface area contributed by atoms with Crippen LogP contribution >= 0.6 is 0 Å². The van der Waals surface area contributed by atoms with Gasteiger partial charge in [-0.25, -0.2) is 13.2 Å². The summed E-state index contributed by atoms with van der Waals surface area (Å²) in [7, 11) is -3.61. The highest BCUT2D eigenvalue weighted by molar-refractivity contribution is 7.90. The minimum Gasteiger partial charge on any atom is -0.476 e. The maximum absolute atomic E-state index is 12.0. The minimum atomic E-state index is -3.61. The third-order valence-electron chi connectivity index (χ3n) is 2.94. The van der Waals surface area contributed by atoms with Gasteiger partial charge in [0.1, 0.15) is 5.75 Å². The van der Waals surface area contributed by atoms with Gasteiger partial charge in [0.15, 0.2) is 21.2 Å². The molecule has 0 fully saturated rings. The summed E-state index contributed by atoms with van der Waals surface area (Å²) in [5.74, 6) is -0.763. The summed E-state index contributed by atoms with van der Waals surface area (Å²) in [5, 5.41) is 0. The molecular formula is C16H22O6S. The van der Waals surface area contributed by atoms with Gasteiger partial charge >= 0.3 is 5.97 Å². The van der Waals surface area contributed by atoms with E-state index in [1.54, 1.807) is 13.8 Å². The highest BCUT2D eigenvalue weighted by Crippen LogP contribution is 2.26. The maximum Gasteiger partial charge on any atom is 0.350 e. The molecule has 1 aromatic carbocycles. The fourth-order valence-corrected chi connectivity index (χ4v) is 2.80. The van der Waals surface area contributed by atoms with E-state index in [0.29, 0.717) is 0 Å². The summed E-state index contributed by atoms with van der Waals surface area (Å²) in [6, 6.07) is 4.07. The van der Waals surface area contributed by atoms with E-state index in [2.05, 4.69) is 0 Å². The second kappa shape index (κ2) is 6.70. The summed E-state index contributed by atoms with van der Waals surface area (Å²) in [4.78, 5) is 23.4. The first-order chi connectivity index (χ1) is 10.3. The lowest BCUT2D eigenvalue weighted by Crippen LogP contribution is -2.40. The molecule has 0 aliphatic carbocycles. The first-order valence-corrected chi connectivity index (χ1v) is 8.99. The average molecular weight is 342 g/mol. The number of rotatable bonds is 6. The van der Waals surface area contributed by atoms with E-state index < -0.39 is 21.4 Å². The molecular weight excluding hydrogens is 320 g/mol. The Kier molecular flexibility index (Phi) is 5.58. The molecule has 7 heteroatoms. The molecule has 0 spiro atoms. The molecule has 0 radical (unpaired) electrons. The van der Waals surface area contributed by atoms with Crippen LogP contribution in [0.2, 0.25) is 0 Å². The Labute approximate surface area is 136 Å². The number of Topliss-reactive ketones (excluding diaryl/α,β-unsaturated/α-hetero) is 1. The Morgan fingerprint density at radius 3 is 2.17 bits per heavy atom. The van der Waals surface area contributed by atoms with Crippen LogP contribution in [-0.2, 0) is 19.4 Å². The fraction of sp³-hybridized carbons (Fsp3) is 0.500. The lowest BCUT2D eigenvalue weighted by atomic mass is 10.1. The molecule has 6 nitrogen and oxygen atoms in total. The molecule has 0 aromatic heterocycles. The van der Waals surface area contributed by atoms with E-state index in [9.17, 15) is 18.0 Å². The van der Waals surface area contributed by atoms with Crippen molar-refractivity contribution in [2.45, 2.75) is 51.2 Å². The zero-order valence-corrected chi connectivity index (χ0v) is 15.0. The van der Waals surface area contributed by atoms with Crippen molar-refractivity contribution in [2.24, 2.45) is 0 Å². The van der Waals surface area contributed by atoms with Crippen molar-refractivity contribution in [1.29, 1.82) is 0 Å². The Bertz CT molecular complexity index is 716. The normalized spacial score (nSPS) is 12.1. The Balaban J connectivity index is 3.21. The Morgan fingerprint density at radius 2 is 1.74 bits per heavy atom. The van der Waals surface area contributed by atoms with Gasteiger partial charge in [0.05, 0.1) is 11.0 Å². The number of sulfone groups is 1. The molecule has 0 atom stereocenters. The topological polar surface area (TPSA) is 86.7 Å². The van der Waals surface area contributed by atoms with E-state index in [1.165, 1.54) is 39.0 Å². The SMILES string of the molecule is CC(=O)c1ccc(OC(C)(C)C(=O)OC(C)C)cc1S(C)(=O)=O. The van der Waals surface area contributed by atoms with Gasteiger partial charge < -0.3 is 9.47 Å². The van der Waals surface area contributed by atoms with Crippen molar-refractivity contribution in [1.82, 2.24) is 0 Å². The molecule has 0 amide bonds. The molecule has 23 heavy (non-hydrogen) atoms. The molecule has 0 bridgehead atoms. The Morgan fingerprint density at radius 1 is 1.17 bits per heavy atom. The number of hydrogen-bond donors (Lipinski definition) is 0. The van der Waals surface area contributed by atoms with Crippen molar-refractivity contribution in [3.63, 3.8) is 0 Å². The largest absolute Gasteiger partial charge is 0.476 e. The number of ether oxygens (including phenoxy) is 2. The molecule has 1 rings (SSSR count). The lowest BCUT2D eigenvalue weighted by molar-refractivity contribution is -0.163. The standard InChI is InChI=1S/C16H22O6S/c1-10(2)21-15(18)16(4,5)22-12-7-8-13(11(3)17)14(9-12)23(6,19)20/h7-10H,1-6H3. The van der Waals surface area contributed by atoms with Crippen molar-refractivity contribution in [3.05, 3.63) is 23.8 Å². The van der Waals surface area contributed by atoms with Gasteiger partial charge in [0.2, 0.25) is 0 Å². The Hall–Kier alpha value is -1.89. The van der Waals surface area contributed by atoms with Crippen LogP contribution in [-0.4, -0.2) is 38.1 Å². The van der Waals surface area contributed by atoms with Crippen LogP contribution in [0.15, 0.2) is 23.1 Å². The lowest BCUT2D eigenvalue weighted by Gasteiger charge is -2.25. The van der Waals surface area contributed by atoms with Gasteiger partial charge in [-0.15, -0.1) is 0 Å². The molecule has 0 aliphatic rings. The van der Waals surface area contributed by atoms with Crippen LogP contribution in [0.3, 0.4) is 0 Å². The fourth-order valence-electron chi connectivity index (χ4n) is 1.86. The number of esters is 1.